The van der Waals surface area contributed by atoms with Gasteiger partial charge in [-0.15, -0.1) is 0 Å². The Bertz CT molecular complexity index is 927. The number of rotatable bonds is 5. The number of benzene rings is 1. The molecule has 2 aromatic rings. The Morgan fingerprint density at radius 2 is 1.79 bits per heavy atom. The third-order valence-corrected chi connectivity index (χ3v) is 7.35. The molecule has 4 aliphatic rings. The van der Waals surface area contributed by atoms with Gasteiger partial charge in [0, 0.05) is 23.6 Å². The van der Waals surface area contributed by atoms with Gasteiger partial charge in [-0.1, -0.05) is 0 Å². The lowest BCUT2D eigenvalue weighted by molar-refractivity contribution is -0.127. The molecule has 4 fully saturated rings. The van der Waals surface area contributed by atoms with Crippen molar-refractivity contribution in [1.29, 1.82) is 0 Å². The molecule has 0 saturated heterocycles. The predicted octanol–water partition coefficient (Wildman–Crippen LogP) is 3.89. The summed E-state index contributed by atoms with van der Waals surface area (Å²) in [5, 5.41) is 4.04. The maximum atomic E-state index is 12.5. The maximum Gasteiger partial charge on any atom is 0.336 e. The summed E-state index contributed by atoms with van der Waals surface area (Å²) in [5.41, 5.74) is 0.357. The monoisotopic (exact) mass is 381 g/mol. The molecule has 1 amide bonds. The lowest BCUT2D eigenvalue weighted by atomic mass is 9.48. The van der Waals surface area contributed by atoms with Gasteiger partial charge >= 0.3 is 5.63 Å². The van der Waals surface area contributed by atoms with E-state index in [1.165, 1.54) is 44.6 Å². The summed E-state index contributed by atoms with van der Waals surface area (Å²) in [6.07, 6.45) is 8.02. The van der Waals surface area contributed by atoms with E-state index in [0.717, 1.165) is 23.1 Å². The molecule has 4 aliphatic carbocycles. The highest BCUT2D eigenvalue weighted by Gasteiger charge is 2.53. The summed E-state index contributed by atoms with van der Waals surface area (Å²) in [6, 6.07) is 8.56. The first-order chi connectivity index (χ1) is 13.5. The molecule has 0 aliphatic heterocycles. The zero-order valence-corrected chi connectivity index (χ0v) is 16.3. The van der Waals surface area contributed by atoms with E-state index in [0.29, 0.717) is 11.3 Å². The zero-order valence-electron chi connectivity index (χ0n) is 16.3. The molecule has 5 heteroatoms. The highest BCUT2D eigenvalue weighted by Crippen LogP contribution is 2.61. The lowest BCUT2D eigenvalue weighted by Gasteiger charge is -2.59. The number of hydrogen-bond acceptors (Lipinski definition) is 4. The molecule has 0 spiro atoms. The molecule has 28 heavy (non-hydrogen) atoms. The highest BCUT2D eigenvalue weighted by molar-refractivity contribution is 5.79. The Labute approximate surface area is 164 Å². The van der Waals surface area contributed by atoms with E-state index in [2.05, 4.69) is 12.2 Å². The van der Waals surface area contributed by atoms with Crippen LogP contribution in [0.3, 0.4) is 0 Å². The largest absolute Gasteiger partial charge is 0.484 e. The summed E-state index contributed by atoms with van der Waals surface area (Å²) in [4.78, 5) is 23.9. The Balaban J connectivity index is 1.21. The fraction of sp³-hybridized carbons (Fsp3) is 0.565. The van der Waals surface area contributed by atoms with Gasteiger partial charge in [0.1, 0.15) is 11.3 Å². The average Bonchev–Trinajstić information content (AvgIpc) is 2.65. The molecule has 4 saturated carbocycles. The van der Waals surface area contributed by atoms with Crippen LogP contribution in [0.2, 0.25) is 0 Å². The molecule has 4 bridgehead atoms. The lowest BCUT2D eigenvalue weighted by Crippen LogP contribution is -2.56. The van der Waals surface area contributed by atoms with Gasteiger partial charge in [0.15, 0.2) is 6.61 Å². The van der Waals surface area contributed by atoms with E-state index in [1.807, 2.05) is 6.07 Å². The second-order valence-electron chi connectivity index (χ2n) is 9.31. The van der Waals surface area contributed by atoms with Crippen LogP contribution in [-0.4, -0.2) is 18.6 Å². The average molecular weight is 381 g/mol. The summed E-state index contributed by atoms with van der Waals surface area (Å²) in [5.74, 6) is 3.05. The minimum atomic E-state index is -0.396. The van der Waals surface area contributed by atoms with Gasteiger partial charge in [0.25, 0.3) is 5.91 Å². The van der Waals surface area contributed by atoms with E-state index in [-0.39, 0.29) is 24.0 Å². The van der Waals surface area contributed by atoms with Crippen LogP contribution < -0.4 is 15.7 Å². The molecule has 1 atom stereocenters. The predicted molar refractivity (Wildman–Crippen MR) is 106 cm³/mol. The maximum absolute atomic E-state index is 12.5. The van der Waals surface area contributed by atoms with Crippen LogP contribution in [0.25, 0.3) is 11.0 Å². The molecule has 1 aromatic heterocycles. The molecular formula is C23H27NO4. The summed E-state index contributed by atoms with van der Waals surface area (Å²) < 4.78 is 10.8. The summed E-state index contributed by atoms with van der Waals surface area (Å²) >= 11 is 0. The van der Waals surface area contributed by atoms with Crippen LogP contribution in [0.5, 0.6) is 5.75 Å². The van der Waals surface area contributed by atoms with Crippen molar-refractivity contribution < 1.29 is 13.9 Å². The third-order valence-electron chi connectivity index (χ3n) is 7.35. The first-order valence-corrected chi connectivity index (χ1v) is 10.5. The van der Waals surface area contributed by atoms with Gasteiger partial charge in [-0.3, -0.25) is 4.79 Å². The zero-order chi connectivity index (χ0) is 19.3. The van der Waals surface area contributed by atoms with Crippen molar-refractivity contribution in [3.63, 3.8) is 0 Å². The van der Waals surface area contributed by atoms with Gasteiger partial charge in [-0.25, -0.2) is 4.79 Å². The molecule has 1 N–H and O–H groups in total. The van der Waals surface area contributed by atoms with Crippen LogP contribution in [-0.2, 0) is 4.79 Å². The van der Waals surface area contributed by atoms with Gasteiger partial charge < -0.3 is 14.5 Å². The minimum Gasteiger partial charge on any atom is -0.484 e. The number of carbonyl (C=O) groups excluding carboxylic acids is 1. The third kappa shape index (κ3) is 3.21. The smallest absolute Gasteiger partial charge is 0.336 e. The first-order valence-electron chi connectivity index (χ1n) is 10.5. The van der Waals surface area contributed by atoms with Crippen molar-refractivity contribution in [1.82, 2.24) is 5.32 Å². The van der Waals surface area contributed by atoms with E-state index >= 15 is 0 Å². The van der Waals surface area contributed by atoms with Crippen molar-refractivity contribution >= 4 is 16.9 Å². The molecule has 1 aromatic carbocycles. The van der Waals surface area contributed by atoms with Crippen molar-refractivity contribution in [2.45, 2.75) is 51.5 Å². The molecule has 148 valence electrons. The van der Waals surface area contributed by atoms with Crippen LogP contribution in [0.4, 0.5) is 0 Å². The Morgan fingerprint density at radius 3 is 2.46 bits per heavy atom. The van der Waals surface area contributed by atoms with E-state index in [4.69, 9.17) is 9.15 Å². The second kappa shape index (κ2) is 6.64. The number of hydrogen-bond donors (Lipinski definition) is 1. The topological polar surface area (TPSA) is 68.5 Å². The van der Waals surface area contributed by atoms with Crippen molar-refractivity contribution in [3.05, 3.63) is 40.8 Å². The summed E-state index contributed by atoms with van der Waals surface area (Å²) in [7, 11) is 0. The van der Waals surface area contributed by atoms with Gasteiger partial charge in [0.05, 0.1) is 0 Å². The van der Waals surface area contributed by atoms with Crippen molar-refractivity contribution in [2.75, 3.05) is 6.61 Å². The Hall–Kier alpha value is -2.30. The number of ether oxygens (including phenoxy) is 1. The summed E-state index contributed by atoms with van der Waals surface area (Å²) in [6.45, 7) is 2.15. The molecule has 0 radical (unpaired) electrons. The molecule has 1 heterocycles. The van der Waals surface area contributed by atoms with Crippen LogP contribution in [0.1, 0.15) is 45.4 Å². The number of nitrogens with one attached hydrogen (secondary N) is 1. The minimum absolute atomic E-state index is 0.0285. The first kappa shape index (κ1) is 17.8. The molecule has 1 unspecified atom stereocenters. The van der Waals surface area contributed by atoms with Gasteiger partial charge in [-0.2, -0.15) is 0 Å². The Kier molecular flexibility index (Phi) is 4.22. The fourth-order valence-corrected chi connectivity index (χ4v) is 6.42. The molecule has 6 rings (SSSR count). The van der Waals surface area contributed by atoms with Crippen LogP contribution in [0.15, 0.2) is 39.5 Å². The number of carbonyl (C=O) groups is 1. The highest BCUT2D eigenvalue weighted by atomic mass is 16.5. The van der Waals surface area contributed by atoms with E-state index < -0.39 is 5.63 Å². The van der Waals surface area contributed by atoms with Gasteiger partial charge in [-0.05, 0) is 86.8 Å². The SMILES string of the molecule is CC(NC(=O)COc1ccc2ccc(=O)oc2c1)C12CC3CC(CC(C3)C1)C2. The quantitative estimate of drug-likeness (QED) is 0.798. The van der Waals surface area contributed by atoms with Crippen LogP contribution >= 0.6 is 0 Å². The van der Waals surface area contributed by atoms with Crippen LogP contribution in [0, 0.1) is 23.2 Å². The van der Waals surface area contributed by atoms with Gasteiger partial charge in [0.2, 0.25) is 0 Å². The molecule has 5 nitrogen and oxygen atoms in total. The Morgan fingerprint density at radius 1 is 1.14 bits per heavy atom. The normalized spacial score (nSPS) is 31.7. The van der Waals surface area contributed by atoms with E-state index in [9.17, 15) is 9.59 Å². The van der Waals surface area contributed by atoms with E-state index in [1.54, 1.807) is 18.2 Å². The standard InChI is InChI=1S/C23H27NO4/c1-14(23-10-15-6-16(11-23)8-17(7-15)12-23)24-21(25)13-27-19-4-2-18-3-5-22(26)28-20(18)9-19/h2-5,9,14-17H,6-8,10-13H2,1H3,(H,24,25). The fourth-order valence-electron chi connectivity index (χ4n) is 6.42. The second-order valence-corrected chi connectivity index (χ2v) is 9.31. The van der Waals surface area contributed by atoms with Crippen molar-refractivity contribution in [3.8, 4) is 5.75 Å². The van der Waals surface area contributed by atoms with Crippen molar-refractivity contribution in [2.24, 2.45) is 23.2 Å². The number of fused-ring (bicyclic) bond motifs is 1. The molecular weight excluding hydrogens is 354 g/mol. The number of amides is 1.